The molecule has 0 aliphatic rings. The van der Waals surface area contributed by atoms with Crippen molar-refractivity contribution in [3.63, 3.8) is 0 Å². The molecule has 2 aromatic carbocycles. The van der Waals surface area contributed by atoms with Gasteiger partial charge in [-0.1, -0.05) is 28.9 Å². The number of carbonyl (C=O) groups is 1. The minimum Gasteiger partial charge on any atom is -0.322 e. The quantitative estimate of drug-likeness (QED) is 0.785. The Morgan fingerprint density at radius 3 is 2.48 bits per heavy atom. The summed E-state index contributed by atoms with van der Waals surface area (Å²) in [6.07, 6.45) is 0.697. The number of nitrogens with one attached hydrogen (secondary N) is 2. The van der Waals surface area contributed by atoms with Crippen LogP contribution in [0.2, 0.25) is 0 Å². The summed E-state index contributed by atoms with van der Waals surface area (Å²) in [6, 6.07) is 13.1. The molecule has 2 N–H and O–H groups in total. The van der Waals surface area contributed by atoms with Crippen LogP contribution in [-0.4, -0.2) is 20.9 Å². The van der Waals surface area contributed by atoms with Crippen molar-refractivity contribution in [2.45, 2.75) is 18.2 Å². The molecule has 0 aromatic heterocycles. The van der Waals surface area contributed by atoms with Gasteiger partial charge in [-0.2, -0.15) is 0 Å². The first-order chi connectivity index (χ1) is 10.9. The lowest BCUT2D eigenvalue weighted by Crippen LogP contribution is -2.24. The average Bonchev–Trinajstić information content (AvgIpc) is 2.55. The third kappa shape index (κ3) is 4.89. The van der Waals surface area contributed by atoms with Crippen LogP contribution in [0, 0.1) is 0 Å². The zero-order chi connectivity index (χ0) is 16.9. The molecule has 0 atom stereocenters. The molecule has 0 radical (unpaired) electrons. The maximum atomic E-state index is 12.3. The van der Waals surface area contributed by atoms with Crippen LogP contribution in [-0.2, 0) is 10.0 Å². The Morgan fingerprint density at radius 1 is 1.13 bits per heavy atom. The first-order valence-corrected chi connectivity index (χ1v) is 9.36. The van der Waals surface area contributed by atoms with E-state index in [1.165, 1.54) is 12.1 Å². The third-order valence-corrected chi connectivity index (χ3v) is 5.04. The van der Waals surface area contributed by atoms with Crippen LogP contribution in [0.15, 0.2) is 57.9 Å². The number of benzene rings is 2. The van der Waals surface area contributed by atoms with Gasteiger partial charge < -0.3 is 5.32 Å². The minimum absolute atomic E-state index is 0.0782. The average molecular weight is 397 g/mol. The van der Waals surface area contributed by atoms with Gasteiger partial charge in [-0.3, -0.25) is 4.79 Å². The molecule has 1 amide bonds. The molecule has 7 heteroatoms. The molecule has 0 aliphatic carbocycles. The van der Waals surface area contributed by atoms with Crippen LogP contribution in [0.1, 0.15) is 23.7 Å². The Kier molecular flexibility index (Phi) is 5.92. The van der Waals surface area contributed by atoms with Crippen LogP contribution in [0.4, 0.5) is 5.69 Å². The highest BCUT2D eigenvalue weighted by Crippen LogP contribution is 2.16. The van der Waals surface area contributed by atoms with Gasteiger partial charge >= 0.3 is 0 Å². The summed E-state index contributed by atoms with van der Waals surface area (Å²) in [7, 11) is -3.59. The van der Waals surface area contributed by atoms with Gasteiger partial charge in [0, 0.05) is 22.3 Å². The Balaban J connectivity index is 2.18. The maximum absolute atomic E-state index is 12.3. The van der Waals surface area contributed by atoms with Crippen LogP contribution in [0.25, 0.3) is 0 Å². The van der Waals surface area contributed by atoms with Crippen LogP contribution < -0.4 is 10.0 Å². The predicted octanol–water partition coefficient (Wildman–Crippen LogP) is 3.39. The highest BCUT2D eigenvalue weighted by atomic mass is 79.9. The highest BCUT2D eigenvalue weighted by Gasteiger charge is 2.15. The zero-order valence-electron chi connectivity index (χ0n) is 12.5. The van der Waals surface area contributed by atoms with Crippen molar-refractivity contribution < 1.29 is 13.2 Å². The molecule has 0 bridgehead atoms. The first-order valence-electron chi connectivity index (χ1n) is 7.09. The van der Waals surface area contributed by atoms with Crippen molar-refractivity contribution in [3.05, 3.63) is 58.6 Å². The van der Waals surface area contributed by atoms with Gasteiger partial charge in [0.2, 0.25) is 10.0 Å². The summed E-state index contributed by atoms with van der Waals surface area (Å²) in [5.41, 5.74) is 0.919. The van der Waals surface area contributed by atoms with Gasteiger partial charge in [0.15, 0.2) is 0 Å². The van der Waals surface area contributed by atoms with Crippen molar-refractivity contribution in [2.24, 2.45) is 0 Å². The predicted molar refractivity (Wildman–Crippen MR) is 94.0 cm³/mol. The fraction of sp³-hybridized carbons (Fsp3) is 0.188. The summed E-state index contributed by atoms with van der Waals surface area (Å²) in [5, 5.41) is 2.73. The number of halogens is 1. The molecule has 23 heavy (non-hydrogen) atoms. The zero-order valence-corrected chi connectivity index (χ0v) is 14.9. The molecule has 0 fully saturated rings. The van der Waals surface area contributed by atoms with Gasteiger partial charge in [0.05, 0.1) is 4.90 Å². The number of hydrogen-bond donors (Lipinski definition) is 2. The smallest absolute Gasteiger partial charge is 0.255 e. The fourth-order valence-electron chi connectivity index (χ4n) is 1.86. The number of anilines is 1. The number of rotatable bonds is 6. The molecule has 5 nitrogen and oxygen atoms in total. The number of sulfonamides is 1. The summed E-state index contributed by atoms with van der Waals surface area (Å²) in [6.45, 7) is 2.24. The summed E-state index contributed by atoms with van der Waals surface area (Å²) in [5.74, 6) is -0.361. The largest absolute Gasteiger partial charge is 0.322 e. The molecule has 0 spiro atoms. The molecule has 0 unspecified atom stereocenters. The monoisotopic (exact) mass is 396 g/mol. The molecule has 0 aliphatic heterocycles. The number of amides is 1. The number of carbonyl (C=O) groups excluding carboxylic acids is 1. The minimum atomic E-state index is -3.59. The molecule has 2 aromatic rings. The van der Waals surface area contributed by atoms with E-state index in [1.807, 2.05) is 19.1 Å². The fourth-order valence-corrected chi connectivity index (χ4v) is 3.30. The topological polar surface area (TPSA) is 75.3 Å². The van der Waals surface area contributed by atoms with Crippen LogP contribution in [0.3, 0.4) is 0 Å². The van der Waals surface area contributed by atoms with E-state index in [9.17, 15) is 13.2 Å². The number of hydrogen-bond acceptors (Lipinski definition) is 3. The highest BCUT2D eigenvalue weighted by molar-refractivity contribution is 9.10. The third-order valence-electron chi connectivity index (χ3n) is 3.05. The van der Waals surface area contributed by atoms with E-state index in [0.717, 1.165) is 4.47 Å². The Bertz CT molecular complexity index is 789. The second-order valence-electron chi connectivity index (χ2n) is 4.89. The van der Waals surface area contributed by atoms with Gasteiger partial charge in [-0.05, 0) is 48.9 Å². The van der Waals surface area contributed by atoms with Crippen molar-refractivity contribution in [3.8, 4) is 0 Å². The van der Waals surface area contributed by atoms with Crippen molar-refractivity contribution in [2.75, 3.05) is 11.9 Å². The molecule has 2 rings (SSSR count). The summed E-state index contributed by atoms with van der Waals surface area (Å²) in [4.78, 5) is 12.3. The van der Waals surface area contributed by atoms with E-state index < -0.39 is 10.0 Å². The molecule has 0 saturated heterocycles. The lowest BCUT2D eigenvalue weighted by atomic mass is 10.2. The molecular formula is C16H17BrN2O3S. The van der Waals surface area contributed by atoms with Crippen molar-refractivity contribution in [1.82, 2.24) is 4.72 Å². The Hall–Kier alpha value is -1.70. The molecule has 0 saturated carbocycles. The van der Waals surface area contributed by atoms with Gasteiger partial charge in [0.1, 0.15) is 0 Å². The van der Waals surface area contributed by atoms with Gasteiger partial charge in [-0.15, -0.1) is 0 Å². The Labute approximate surface area is 144 Å². The van der Waals surface area contributed by atoms with E-state index in [2.05, 4.69) is 26.0 Å². The SMILES string of the molecule is CCCNS(=O)(=O)c1cccc(C(=O)Nc2ccc(Br)cc2)c1. The molecule has 122 valence electrons. The van der Waals surface area contributed by atoms with Crippen LogP contribution >= 0.6 is 15.9 Å². The van der Waals surface area contributed by atoms with Gasteiger partial charge in [-0.25, -0.2) is 13.1 Å². The second-order valence-corrected chi connectivity index (χ2v) is 7.57. The standard InChI is InChI=1S/C16H17BrN2O3S/c1-2-10-18-23(21,22)15-5-3-4-12(11-15)16(20)19-14-8-6-13(17)7-9-14/h3-9,11,18H,2,10H2,1H3,(H,19,20). The second kappa shape index (κ2) is 7.72. The van der Waals surface area contributed by atoms with Gasteiger partial charge in [0.25, 0.3) is 5.91 Å². The van der Waals surface area contributed by atoms with E-state index in [1.54, 1.807) is 24.3 Å². The van der Waals surface area contributed by atoms with E-state index in [4.69, 9.17) is 0 Å². The van der Waals surface area contributed by atoms with E-state index in [-0.39, 0.29) is 16.4 Å². The van der Waals surface area contributed by atoms with Crippen LogP contribution in [0.5, 0.6) is 0 Å². The van der Waals surface area contributed by atoms with Crippen molar-refractivity contribution >= 4 is 37.5 Å². The normalized spacial score (nSPS) is 11.2. The molecular weight excluding hydrogens is 380 g/mol. The lowest BCUT2D eigenvalue weighted by molar-refractivity contribution is 0.102. The maximum Gasteiger partial charge on any atom is 0.255 e. The van der Waals surface area contributed by atoms with Crippen molar-refractivity contribution in [1.29, 1.82) is 0 Å². The first kappa shape index (κ1) is 17.7. The lowest BCUT2D eigenvalue weighted by Gasteiger charge is -2.08. The molecule has 0 heterocycles. The summed E-state index contributed by atoms with van der Waals surface area (Å²) >= 11 is 3.32. The Morgan fingerprint density at radius 2 is 1.83 bits per heavy atom. The van der Waals surface area contributed by atoms with E-state index >= 15 is 0 Å². The summed E-state index contributed by atoms with van der Waals surface area (Å²) < 4.78 is 27.6. The van der Waals surface area contributed by atoms with E-state index in [0.29, 0.717) is 18.7 Å².